The third-order valence-corrected chi connectivity index (χ3v) is 13.8. The molecule has 19 nitrogen and oxygen atoms in total. The SMILES string of the molecule is CC(C)c1c(C(=O)Nc2ccccc2)c(-c2ccccc2)c(-c2ccc(F)cc2)n1CC[C@@H](O)C[C@@H](O)CC(=O)O.OCCN(CCO)c1nc(N2CCCCC2)c2nc(N(CCO)CCO)nc(N3CCCCC3)c2n1. The number of rotatable bonds is 24. The number of piperidine rings is 2. The molecule has 3 aromatic carbocycles. The summed E-state index contributed by atoms with van der Waals surface area (Å²) in [7, 11) is 0. The van der Waals surface area contributed by atoms with Crippen LogP contribution in [0.2, 0.25) is 0 Å². The minimum atomic E-state index is -1.18. The number of nitrogens with zero attached hydrogens (tertiary/aromatic N) is 9. The molecule has 414 valence electrons. The van der Waals surface area contributed by atoms with Gasteiger partial charge in [-0.1, -0.05) is 62.4 Å². The van der Waals surface area contributed by atoms with Gasteiger partial charge in [0.25, 0.3) is 5.91 Å². The summed E-state index contributed by atoms with van der Waals surface area (Å²) in [6.45, 7) is 8.63. The van der Waals surface area contributed by atoms with Crippen LogP contribution in [0.1, 0.15) is 93.6 Å². The van der Waals surface area contributed by atoms with Gasteiger partial charge in [-0.25, -0.2) is 14.4 Å². The lowest BCUT2D eigenvalue weighted by Crippen LogP contribution is -2.36. The molecule has 5 heterocycles. The smallest absolute Gasteiger partial charge is 0.305 e. The summed E-state index contributed by atoms with van der Waals surface area (Å²) >= 11 is 0. The second kappa shape index (κ2) is 28.5. The monoisotopic (exact) mass is 1060 g/mol. The van der Waals surface area contributed by atoms with Crippen LogP contribution in [0.5, 0.6) is 0 Å². The second-order valence-electron chi connectivity index (χ2n) is 19.8. The Balaban J connectivity index is 0.000000225. The molecule has 77 heavy (non-hydrogen) atoms. The van der Waals surface area contributed by atoms with E-state index in [2.05, 4.69) is 15.1 Å². The highest BCUT2D eigenvalue weighted by Crippen LogP contribution is 2.43. The molecular weight excluding hydrogens is 988 g/mol. The minimum Gasteiger partial charge on any atom is -0.481 e. The van der Waals surface area contributed by atoms with E-state index in [1.807, 2.05) is 79.1 Å². The third kappa shape index (κ3) is 15.0. The van der Waals surface area contributed by atoms with Gasteiger partial charge >= 0.3 is 5.97 Å². The van der Waals surface area contributed by atoms with Crippen molar-refractivity contribution < 1.29 is 49.7 Å². The van der Waals surface area contributed by atoms with Gasteiger partial charge in [-0.15, -0.1) is 0 Å². The normalized spacial score (nSPS) is 14.5. The van der Waals surface area contributed by atoms with E-state index in [-0.39, 0.29) is 63.5 Å². The Hall–Kier alpha value is -6.81. The van der Waals surface area contributed by atoms with Gasteiger partial charge in [0.1, 0.15) is 16.9 Å². The Morgan fingerprint density at radius 2 is 1.12 bits per heavy atom. The average Bonchev–Trinajstić information content (AvgIpc) is 3.85. The maximum Gasteiger partial charge on any atom is 0.305 e. The molecule has 2 aliphatic rings. The fraction of sp³-hybridized carbons (Fsp3) is 0.474. The van der Waals surface area contributed by atoms with Gasteiger partial charge in [-0.3, -0.25) is 9.59 Å². The third-order valence-electron chi connectivity index (χ3n) is 13.8. The summed E-state index contributed by atoms with van der Waals surface area (Å²) in [5.41, 5.74) is 6.08. The van der Waals surface area contributed by atoms with Gasteiger partial charge < -0.3 is 65.2 Å². The highest BCUT2D eigenvalue weighted by Gasteiger charge is 2.32. The van der Waals surface area contributed by atoms with Crippen LogP contribution in [0.15, 0.2) is 84.9 Å². The van der Waals surface area contributed by atoms with E-state index in [1.165, 1.54) is 25.0 Å². The zero-order valence-corrected chi connectivity index (χ0v) is 44.2. The number of aliphatic hydroxyl groups excluding tert-OH is 6. The molecule has 20 heteroatoms. The highest BCUT2D eigenvalue weighted by atomic mass is 19.1. The van der Waals surface area contributed by atoms with E-state index < -0.39 is 24.6 Å². The molecule has 3 aromatic heterocycles. The number of hydrogen-bond acceptors (Lipinski definition) is 16. The van der Waals surface area contributed by atoms with Crippen molar-refractivity contribution in [1.29, 1.82) is 0 Å². The van der Waals surface area contributed by atoms with Crippen molar-refractivity contribution in [3.63, 3.8) is 0 Å². The average molecular weight is 1060 g/mol. The minimum absolute atomic E-state index is 0.0772. The van der Waals surface area contributed by atoms with Crippen molar-refractivity contribution in [3.8, 4) is 22.4 Å². The number of benzene rings is 3. The largest absolute Gasteiger partial charge is 0.481 e. The summed E-state index contributed by atoms with van der Waals surface area (Å²) in [4.78, 5) is 52.8. The lowest BCUT2D eigenvalue weighted by Gasteiger charge is -2.33. The van der Waals surface area contributed by atoms with Crippen LogP contribution >= 0.6 is 0 Å². The molecule has 0 unspecified atom stereocenters. The van der Waals surface area contributed by atoms with Crippen molar-refractivity contribution >= 4 is 52.1 Å². The van der Waals surface area contributed by atoms with Crippen LogP contribution in [0.4, 0.5) is 33.6 Å². The van der Waals surface area contributed by atoms with Gasteiger partial charge in [0, 0.05) is 75.8 Å². The van der Waals surface area contributed by atoms with Gasteiger partial charge in [0.15, 0.2) is 11.6 Å². The number of aliphatic carboxylic acids is 1. The Morgan fingerprint density at radius 1 is 0.636 bits per heavy atom. The molecule has 2 saturated heterocycles. The van der Waals surface area contributed by atoms with Crippen molar-refractivity contribution in [2.75, 3.05) is 104 Å². The number of aromatic nitrogens is 5. The van der Waals surface area contributed by atoms with Gasteiger partial charge in [-0.05, 0) is 105 Å². The summed E-state index contributed by atoms with van der Waals surface area (Å²) < 4.78 is 16.0. The number of carboxylic acids is 1. The van der Waals surface area contributed by atoms with Crippen LogP contribution in [0.25, 0.3) is 33.4 Å². The summed E-state index contributed by atoms with van der Waals surface area (Å²) in [5.74, 6) is 0.415. The number of para-hydroxylation sites is 1. The fourth-order valence-corrected chi connectivity index (χ4v) is 10.2. The number of carbonyl (C=O) groups excluding carboxylic acids is 1. The number of carboxylic acid groups (broad SMARTS) is 1. The van der Waals surface area contributed by atoms with Gasteiger partial charge in [-0.2, -0.15) is 9.97 Å². The van der Waals surface area contributed by atoms with Gasteiger partial charge in [0.05, 0.1) is 56.3 Å². The van der Waals surface area contributed by atoms with Crippen molar-refractivity contribution in [2.45, 2.75) is 96.3 Å². The molecule has 2 atom stereocenters. The Labute approximate surface area is 449 Å². The van der Waals surface area contributed by atoms with E-state index in [0.29, 0.717) is 77.2 Å². The van der Waals surface area contributed by atoms with Gasteiger partial charge in [0.2, 0.25) is 11.9 Å². The first-order chi connectivity index (χ1) is 37.3. The van der Waals surface area contributed by atoms with E-state index >= 15 is 0 Å². The number of nitrogens with one attached hydrogen (secondary N) is 1. The van der Waals surface area contributed by atoms with Crippen LogP contribution in [0.3, 0.4) is 0 Å². The van der Waals surface area contributed by atoms with E-state index in [4.69, 9.17) is 25.0 Å². The first-order valence-electron chi connectivity index (χ1n) is 26.9. The molecule has 0 aliphatic carbocycles. The second-order valence-corrected chi connectivity index (χ2v) is 19.8. The van der Waals surface area contributed by atoms with Crippen molar-refractivity contribution in [1.82, 2.24) is 24.5 Å². The summed E-state index contributed by atoms with van der Waals surface area (Å²) in [5, 5.41) is 71.4. The van der Waals surface area contributed by atoms with E-state index in [9.17, 15) is 44.6 Å². The number of aliphatic hydroxyl groups is 6. The Bertz CT molecular complexity index is 2720. The van der Waals surface area contributed by atoms with E-state index in [1.54, 1.807) is 21.9 Å². The maximum atomic E-state index is 14.0. The predicted octanol–water partition coefficient (Wildman–Crippen LogP) is 6.30. The van der Waals surface area contributed by atoms with Crippen LogP contribution in [0, 0.1) is 5.82 Å². The number of hydrogen-bond donors (Lipinski definition) is 8. The first kappa shape index (κ1) is 57.9. The zero-order chi connectivity index (χ0) is 54.8. The number of halogens is 1. The molecule has 1 amide bonds. The Kier molecular flexibility index (Phi) is 21.4. The highest BCUT2D eigenvalue weighted by molar-refractivity contribution is 6.12. The van der Waals surface area contributed by atoms with E-state index in [0.717, 1.165) is 74.8 Å². The number of fused-ring (bicyclic) bond motifs is 1. The zero-order valence-electron chi connectivity index (χ0n) is 44.2. The van der Waals surface area contributed by atoms with Crippen LogP contribution in [-0.2, 0) is 11.3 Å². The molecule has 0 spiro atoms. The molecule has 2 aliphatic heterocycles. The number of amides is 1. The molecule has 0 bridgehead atoms. The van der Waals surface area contributed by atoms with Crippen molar-refractivity contribution in [3.05, 3.63) is 102 Å². The summed E-state index contributed by atoms with van der Waals surface area (Å²) in [6.07, 6.45) is 4.10. The molecule has 0 radical (unpaired) electrons. The topological polar surface area (TPSA) is 257 Å². The molecular formula is C57H75FN10O9. The first-order valence-corrected chi connectivity index (χ1v) is 26.9. The fourth-order valence-electron chi connectivity index (χ4n) is 10.2. The standard InChI is InChI=1S/C33H35FN2O5.C24H40N8O4/c1-21(2)31-30(33(41)35-25-11-7-4-8-12-25)29(22-9-5-3-6-10-22)32(23-13-15-24(34)16-14-23)36(31)18-17-26(37)19-27(38)20-28(39)40;33-15-11-31(12-16-34)23-26-20-19(21(27-23)29-7-3-1-4-8-29)25-24(32(13-17-35)14-18-36)28-22(20)30-9-5-2-6-10-30/h3-16,21,26-27,37-38H,17-20H2,1-2H3,(H,35,41)(H,39,40);33-36H,1-18H2/t26-,27-;/m1./s1. The quantitative estimate of drug-likeness (QED) is 0.0331. The molecule has 8 N–H and O–H groups in total. The maximum absolute atomic E-state index is 14.0. The molecule has 2 fully saturated rings. The Morgan fingerprint density at radius 3 is 1.57 bits per heavy atom. The molecule has 0 saturated carbocycles. The molecule has 8 rings (SSSR count). The number of carbonyl (C=O) groups is 2. The van der Waals surface area contributed by atoms with Crippen molar-refractivity contribution in [2.24, 2.45) is 0 Å². The van der Waals surface area contributed by atoms with Crippen LogP contribution < -0.4 is 24.9 Å². The van der Waals surface area contributed by atoms with Crippen LogP contribution in [-0.4, -0.2) is 163 Å². The number of anilines is 5. The summed E-state index contributed by atoms with van der Waals surface area (Å²) in [6, 6.07) is 24.8. The predicted molar refractivity (Wildman–Crippen MR) is 297 cm³/mol. The lowest BCUT2D eigenvalue weighted by atomic mass is 9.94. The lowest BCUT2D eigenvalue weighted by molar-refractivity contribution is -0.139. The molecule has 6 aromatic rings.